The summed E-state index contributed by atoms with van der Waals surface area (Å²) in [6, 6.07) is 15.2. The average Bonchev–Trinajstić information content (AvgIpc) is 3.72. The highest BCUT2D eigenvalue weighted by Gasteiger charge is 2.37. The average molecular weight is 657 g/mol. The van der Waals surface area contributed by atoms with Crippen molar-refractivity contribution in [3.8, 4) is 33.6 Å². The first kappa shape index (κ1) is 36.6. The van der Waals surface area contributed by atoms with E-state index in [-0.39, 0.29) is 25.0 Å². The number of hydrogen-bond acceptors (Lipinski definition) is 6. The fourth-order valence-electron chi connectivity index (χ4n) is 5.08. The predicted octanol–water partition coefficient (Wildman–Crippen LogP) is 6.58. The molecule has 6 N–H and O–H groups in total. The second-order valence-electron chi connectivity index (χ2n) is 16.1. The number of hydrogen-bond donors (Lipinski definition) is 6. The lowest BCUT2D eigenvalue weighted by Gasteiger charge is -2.34. The Morgan fingerprint density at radius 3 is 1.15 bits per heavy atom. The first-order valence-corrected chi connectivity index (χ1v) is 16.4. The fraction of sp³-hybridized carbons (Fsp3) is 0.474. The lowest BCUT2D eigenvalue weighted by molar-refractivity contribution is -0.131. The Morgan fingerprint density at radius 2 is 0.875 bits per heavy atom. The van der Waals surface area contributed by atoms with E-state index in [2.05, 4.69) is 20.6 Å². The first-order chi connectivity index (χ1) is 22.3. The van der Waals surface area contributed by atoms with E-state index >= 15 is 0 Å². The van der Waals surface area contributed by atoms with Crippen molar-refractivity contribution in [1.82, 2.24) is 30.6 Å². The van der Waals surface area contributed by atoms with Crippen LogP contribution < -0.4 is 10.6 Å². The van der Waals surface area contributed by atoms with Crippen LogP contribution in [0.4, 0.5) is 0 Å². The molecule has 2 aromatic heterocycles. The molecule has 0 aliphatic carbocycles. The van der Waals surface area contributed by atoms with E-state index in [0.717, 1.165) is 33.6 Å². The SMILES string of the molecule is CC(C)(C)C(=O)N[C@H](c1nc(-c2ccc(-c3ccc(-c4c[nH]c([C@@H](NC(=O)C(C)(C)C)C(C)(C)CO)n4)cc3)cc2)c[nH]1)C(C)(C)CO. The van der Waals surface area contributed by atoms with Crippen LogP contribution in [-0.4, -0.2) is 55.2 Å². The fourth-order valence-corrected chi connectivity index (χ4v) is 5.08. The van der Waals surface area contributed by atoms with Gasteiger partial charge in [0.05, 0.1) is 36.7 Å². The van der Waals surface area contributed by atoms with E-state index in [1.165, 1.54) is 0 Å². The van der Waals surface area contributed by atoms with Crippen molar-refractivity contribution in [1.29, 1.82) is 0 Å². The summed E-state index contributed by atoms with van der Waals surface area (Å²) in [4.78, 5) is 41.8. The van der Waals surface area contributed by atoms with Gasteiger partial charge >= 0.3 is 0 Å². The maximum Gasteiger partial charge on any atom is 0.225 e. The molecule has 0 spiro atoms. The van der Waals surface area contributed by atoms with Crippen LogP contribution in [0.2, 0.25) is 0 Å². The zero-order valence-electron chi connectivity index (χ0n) is 29.9. The Morgan fingerprint density at radius 1 is 0.583 bits per heavy atom. The van der Waals surface area contributed by atoms with Gasteiger partial charge in [0.15, 0.2) is 0 Å². The van der Waals surface area contributed by atoms with Crippen molar-refractivity contribution >= 4 is 11.8 Å². The number of aromatic nitrogens is 4. The van der Waals surface area contributed by atoms with Crippen molar-refractivity contribution in [3.63, 3.8) is 0 Å². The van der Waals surface area contributed by atoms with Crippen LogP contribution in [0, 0.1) is 21.7 Å². The lowest BCUT2D eigenvalue weighted by atomic mass is 9.83. The topological polar surface area (TPSA) is 156 Å². The molecule has 2 atom stereocenters. The molecule has 0 aliphatic rings. The summed E-state index contributed by atoms with van der Waals surface area (Å²) in [5.74, 6) is 0.945. The van der Waals surface area contributed by atoms with E-state index < -0.39 is 33.7 Å². The molecule has 10 heteroatoms. The second kappa shape index (κ2) is 13.7. The van der Waals surface area contributed by atoms with Gasteiger partial charge < -0.3 is 30.8 Å². The summed E-state index contributed by atoms with van der Waals surface area (Å²) in [5, 5.41) is 26.3. The highest BCUT2D eigenvalue weighted by molar-refractivity contribution is 5.82. The molecule has 48 heavy (non-hydrogen) atoms. The minimum atomic E-state index is -0.635. The monoisotopic (exact) mass is 656 g/mol. The van der Waals surface area contributed by atoms with Gasteiger partial charge in [-0.3, -0.25) is 9.59 Å². The number of rotatable bonds is 11. The maximum atomic E-state index is 12.8. The minimum absolute atomic E-state index is 0.116. The van der Waals surface area contributed by atoms with Crippen LogP contribution in [-0.2, 0) is 9.59 Å². The number of aromatic amines is 2. The Kier molecular flexibility index (Phi) is 10.4. The van der Waals surface area contributed by atoms with Crippen LogP contribution in [0.15, 0.2) is 60.9 Å². The zero-order valence-corrected chi connectivity index (χ0v) is 29.9. The highest BCUT2D eigenvalue weighted by atomic mass is 16.3. The van der Waals surface area contributed by atoms with Gasteiger partial charge in [-0.05, 0) is 11.1 Å². The second-order valence-corrected chi connectivity index (χ2v) is 16.1. The number of imidazole rings is 2. The summed E-state index contributed by atoms with van der Waals surface area (Å²) >= 11 is 0. The van der Waals surface area contributed by atoms with E-state index in [9.17, 15) is 19.8 Å². The molecule has 258 valence electrons. The molecule has 2 amide bonds. The van der Waals surface area contributed by atoms with Crippen molar-refractivity contribution < 1.29 is 19.8 Å². The van der Waals surface area contributed by atoms with Crippen LogP contribution >= 0.6 is 0 Å². The zero-order chi connectivity index (χ0) is 35.7. The summed E-state index contributed by atoms with van der Waals surface area (Å²) in [7, 11) is 0. The molecular formula is C38H52N6O4. The van der Waals surface area contributed by atoms with Gasteiger partial charge in [-0.2, -0.15) is 0 Å². The Hall–Kier alpha value is -4.28. The molecule has 0 unspecified atom stereocenters. The number of nitrogens with one attached hydrogen (secondary N) is 4. The largest absolute Gasteiger partial charge is 0.396 e. The van der Waals surface area contributed by atoms with Crippen molar-refractivity contribution in [3.05, 3.63) is 72.6 Å². The number of H-pyrrole nitrogens is 2. The summed E-state index contributed by atoms with van der Waals surface area (Å²) in [5.41, 5.74) is 2.96. The van der Waals surface area contributed by atoms with Crippen molar-refractivity contribution in [2.24, 2.45) is 21.7 Å². The van der Waals surface area contributed by atoms with Gasteiger partial charge in [-0.25, -0.2) is 9.97 Å². The van der Waals surface area contributed by atoms with Gasteiger partial charge in [0.2, 0.25) is 11.8 Å². The van der Waals surface area contributed by atoms with Gasteiger partial charge in [0.1, 0.15) is 11.6 Å². The van der Waals surface area contributed by atoms with Gasteiger partial charge in [0, 0.05) is 45.2 Å². The van der Waals surface area contributed by atoms with Gasteiger partial charge in [-0.15, -0.1) is 0 Å². The van der Waals surface area contributed by atoms with Crippen LogP contribution in [0.5, 0.6) is 0 Å². The number of aliphatic hydroxyl groups excluding tert-OH is 2. The lowest BCUT2D eigenvalue weighted by Crippen LogP contribution is -2.44. The molecule has 10 nitrogen and oxygen atoms in total. The standard InChI is InChI=1S/C38H52N6O4/c1-35(2,3)33(47)43-29(37(7,8)21-45)31-39-19-27(41-31)25-15-11-23(12-16-25)24-13-17-26(18-14-24)28-20-40-32(42-28)30(38(9,10)22-46)44-34(48)36(4,5)6/h11-20,29-30,45-46H,21-22H2,1-10H3,(H,39,41)(H,40,42)(H,43,47)(H,44,48)/t29-,30-/m1/s1. The molecule has 4 aromatic rings. The minimum Gasteiger partial charge on any atom is -0.396 e. The molecule has 0 saturated carbocycles. The third kappa shape index (κ3) is 8.22. The smallest absolute Gasteiger partial charge is 0.225 e. The van der Waals surface area contributed by atoms with Crippen molar-refractivity contribution in [2.75, 3.05) is 13.2 Å². The van der Waals surface area contributed by atoms with E-state index in [1.807, 2.05) is 130 Å². The van der Waals surface area contributed by atoms with Crippen LogP contribution in [0.3, 0.4) is 0 Å². The molecule has 0 radical (unpaired) electrons. The summed E-state index contributed by atoms with van der Waals surface area (Å²) in [6.07, 6.45) is 3.64. The Labute approximate surface area is 284 Å². The molecule has 4 rings (SSSR count). The summed E-state index contributed by atoms with van der Waals surface area (Å²) in [6.45, 7) is 18.5. The highest BCUT2D eigenvalue weighted by Crippen LogP contribution is 2.36. The molecular weight excluding hydrogens is 604 g/mol. The van der Waals surface area contributed by atoms with Crippen LogP contribution in [0.25, 0.3) is 33.6 Å². The Bertz CT molecular complexity index is 1580. The molecule has 2 heterocycles. The van der Waals surface area contributed by atoms with E-state index in [4.69, 9.17) is 9.97 Å². The first-order valence-electron chi connectivity index (χ1n) is 16.4. The number of benzene rings is 2. The maximum absolute atomic E-state index is 12.8. The summed E-state index contributed by atoms with van der Waals surface area (Å²) < 4.78 is 0. The predicted molar refractivity (Wildman–Crippen MR) is 189 cm³/mol. The van der Waals surface area contributed by atoms with E-state index in [0.29, 0.717) is 11.6 Å². The number of carbonyl (C=O) groups excluding carboxylic acids is 2. The van der Waals surface area contributed by atoms with E-state index in [1.54, 1.807) is 0 Å². The quantitative estimate of drug-likeness (QED) is 0.107. The Balaban J connectivity index is 1.52. The molecule has 0 fully saturated rings. The molecule has 0 saturated heterocycles. The number of nitrogens with zero attached hydrogens (tertiary/aromatic N) is 2. The third-order valence-corrected chi connectivity index (χ3v) is 8.73. The van der Waals surface area contributed by atoms with Crippen molar-refractivity contribution in [2.45, 2.75) is 81.3 Å². The van der Waals surface area contributed by atoms with Gasteiger partial charge in [-0.1, -0.05) is 118 Å². The van der Waals surface area contributed by atoms with Gasteiger partial charge in [0.25, 0.3) is 0 Å². The third-order valence-electron chi connectivity index (χ3n) is 8.73. The molecule has 0 aliphatic heterocycles. The number of aliphatic hydroxyl groups is 2. The number of carbonyl (C=O) groups is 2. The van der Waals surface area contributed by atoms with Crippen LogP contribution in [0.1, 0.15) is 93.0 Å². The molecule has 0 bridgehead atoms. The number of amides is 2. The molecule has 2 aromatic carbocycles. The normalized spacial score (nSPS) is 14.0.